The van der Waals surface area contributed by atoms with Crippen LogP contribution in [0.1, 0.15) is 59.8 Å². The van der Waals surface area contributed by atoms with Gasteiger partial charge in [0.2, 0.25) is 17.7 Å². The Morgan fingerprint density at radius 1 is 0.781 bits per heavy atom. The van der Waals surface area contributed by atoms with Gasteiger partial charge in [0.25, 0.3) is 0 Å². The first kappa shape index (κ1) is 29.8. The lowest BCUT2D eigenvalue weighted by Gasteiger charge is -2.25. The zero-order valence-electron chi connectivity index (χ0n) is 19.6. The molecule has 0 spiro atoms. The molecule has 0 bridgehead atoms. The Hall–Kier alpha value is -2.24. The van der Waals surface area contributed by atoms with E-state index < -0.39 is 54.5 Å². The lowest BCUT2D eigenvalue weighted by Crippen LogP contribution is -2.58. The summed E-state index contributed by atoms with van der Waals surface area (Å²) in [5.74, 6) is -3.12. The van der Waals surface area contributed by atoms with Crippen LogP contribution in [0.15, 0.2) is 0 Å². The van der Waals surface area contributed by atoms with Crippen molar-refractivity contribution in [2.45, 2.75) is 84.0 Å². The zero-order valence-corrected chi connectivity index (χ0v) is 19.6. The van der Waals surface area contributed by atoms with E-state index in [-0.39, 0.29) is 24.7 Å². The van der Waals surface area contributed by atoms with Crippen LogP contribution in [-0.2, 0) is 19.2 Å². The molecule has 0 aromatic rings. The van der Waals surface area contributed by atoms with E-state index in [0.29, 0.717) is 19.4 Å². The normalized spacial score (nSPS) is 15.0. The molecule has 0 aliphatic rings. The van der Waals surface area contributed by atoms with Crippen molar-refractivity contribution in [3.63, 3.8) is 0 Å². The van der Waals surface area contributed by atoms with Crippen molar-refractivity contribution >= 4 is 23.7 Å². The van der Waals surface area contributed by atoms with E-state index >= 15 is 0 Å². The average Bonchev–Trinajstić information content (AvgIpc) is 2.69. The smallest absolute Gasteiger partial charge is 0.326 e. The van der Waals surface area contributed by atoms with E-state index in [0.717, 1.165) is 6.42 Å². The fourth-order valence-electron chi connectivity index (χ4n) is 3.05. The largest absolute Gasteiger partial charge is 0.480 e. The first-order valence-corrected chi connectivity index (χ1v) is 11.1. The van der Waals surface area contributed by atoms with Crippen LogP contribution in [0.3, 0.4) is 0 Å². The maximum Gasteiger partial charge on any atom is 0.326 e. The quantitative estimate of drug-likeness (QED) is 0.144. The van der Waals surface area contributed by atoms with E-state index in [1.54, 1.807) is 0 Å². The summed E-state index contributed by atoms with van der Waals surface area (Å²) in [5.41, 5.74) is 11.3. The number of nitrogens with one attached hydrogen (secondary N) is 3. The van der Waals surface area contributed by atoms with E-state index in [9.17, 15) is 29.4 Å². The number of rotatable bonds is 16. The second kappa shape index (κ2) is 15.5. The Kier molecular flexibility index (Phi) is 14.5. The fourth-order valence-corrected chi connectivity index (χ4v) is 3.05. The van der Waals surface area contributed by atoms with Crippen molar-refractivity contribution in [1.82, 2.24) is 16.0 Å². The molecule has 0 aromatic heterocycles. The number of carbonyl (C=O) groups excluding carboxylic acids is 3. The molecule has 0 saturated carbocycles. The first-order chi connectivity index (χ1) is 14.9. The molecule has 0 heterocycles. The summed E-state index contributed by atoms with van der Waals surface area (Å²) in [5, 5.41) is 26.2. The van der Waals surface area contributed by atoms with E-state index in [4.69, 9.17) is 11.5 Å². The van der Waals surface area contributed by atoms with Crippen LogP contribution in [-0.4, -0.2) is 71.2 Å². The highest BCUT2D eigenvalue weighted by Crippen LogP contribution is 2.08. The monoisotopic (exact) mass is 459 g/mol. The molecular weight excluding hydrogens is 418 g/mol. The number of aliphatic carboxylic acids is 1. The number of carboxylic acid groups (broad SMARTS) is 1. The predicted molar refractivity (Wildman–Crippen MR) is 120 cm³/mol. The van der Waals surface area contributed by atoms with E-state index in [1.165, 1.54) is 0 Å². The highest BCUT2D eigenvalue weighted by molar-refractivity contribution is 5.94. The third kappa shape index (κ3) is 12.0. The van der Waals surface area contributed by atoms with Gasteiger partial charge in [0.15, 0.2) is 0 Å². The maximum absolute atomic E-state index is 12.8. The summed E-state index contributed by atoms with van der Waals surface area (Å²) < 4.78 is 0. The second-order valence-corrected chi connectivity index (χ2v) is 8.85. The van der Waals surface area contributed by atoms with Gasteiger partial charge in [-0.1, -0.05) is 34.1 Å². The van der Waals surface area contributed by atoms with Crippen LogP contribution in [0.2, 0.25) is 0 Å². The summed E-state index contributed by atoms with van der Waals surface area (Å²) in [6.07, 6.45) is 2.32. The van der Waals surface area contributed by atoms with Crippen LogP contribution < -0.4 is 27.4 Å². The van der Waals surface area contributed by atoms with Crippen LogP contribution >= 0.6 is 0 Å². The number of aliphatic hydroxyl groups excluding tert-OH is 1. The molecule has 0 aromatic carbocycles. The van der Waals surface area contributed by atoms with E-state index in [2.05, 4.69) is 16.0 Å². The van der Waals surface area contributed by atoms with Crippen molar-refractivity contribution in [3.8, 4) is 0 Å². The Morgan fingerprint density at radius 2 is 1.25 bits per heavy atom. The summed E-state index contributed by atoms with van der Waals surface area (Å²) in [6.45, 7) is 7.13. The van der Waals surface area contributed by atoms with Crippen molar-refractivity contribution in [1.29, 1.82) is 0 Å². The lowest BCUT2D eigenvalue weighted by atomic mass is 10.0. The molecule has 3 amide bonds. The Bertz CT molecular complexity index is 613. The van der Waals surface area contributed by atoms with Gasteiger partial charge in [-0.3, -0.25) is 14.4 Å². The summed E-state index contributed by atoms with van der Waals surface area (Å²) >= 11 is 0. The van der Waals surface area contributed by atoms with E-state index in [1.807, 2.05) is 27.7 Å². The molecule has 0 radical (unpaired) electrons. The molecule has 0 fully saturated rings. The minimum Gasteiger partial charge on any atom is -0.480 e. The molecule has 4 atom stereocenters. The number of aliphatic hydroxyl groups is 1. The summed E-state index contributed by atoms with van der Waals surface area (Å²) in [7, 11) is 0. The highest BCUT2D eigenvalue weighted by atomic mass is 16.4. The third-order valence-corrected chi connectivity index (χ3v) is 4.78. The summed E-state index contributed by atoms with van der Waals surface area (Å²) in [6, 6.07) is -4.27. The molecule has 0 aliphatic heterocycles. The number of amides is 3. The molecule has 0 aliphatic carbocycles. The molecule has 11 nitrogen and oxygen atoms in total. The SMILES string of the molecule is CC(C)CC(NC(=O)C(CO)NC(=O)C(CC(C)C)NC(=O)C(N)CCCCN)C(=O)O. The Balaban J connectivity index is 5.16. The standard InChI is InChI=1S/C21H41N5O6/c1-12(2)9-15(24-18(28)14(23)7-5-6-8-22)19(29)26-17(11-27)20(30)25-16(21(31)32)10-13(3)4/h12-17,27H,5-11,22-23H2,1-4H3,(H,24,28)(H,25,30)(H,26,29)(H,31,32). The maximum atomic E-state index is 12.8. The van der Waals surface area contributed by atoms with Crippen LogP contribution in [0.5, 0.6) is 0 Å². The van der Waals surface area contributed by atoms with Crippen LogP contribution in [0.4, 0.5) is 0 Å². The second-order valence-electron chi connectivity index (χ2n) is 8.85. The Morgan fingerprint density at radius 3 is 1.72 bits per heavy atom. The van der Waals surface area contributed by atoms with Gasteiger partial charge in [-0.05, 0) is 44.1 Å². The van der Waals surface area contributed by atoms with Gasteiger partial charge in [-0.15, -0.1) is 0 Å². The molecule has 11 heteroatoms. The number of hydrogen-bond donors (Lipinski definition) is 7. The zero-order chi connectivity index (χ0) is 24.8. The number of carbonyl (C=O) groups is 4. The van der Waals surface area contributed by atoms with Crippen molar-refractivity contribution in [3.05, 3.63) is 0 Å². The molecule has 186 valence electrons. The minimum absolute atomic E-state index is 0.0123. The first-order valence-electron chi connectivity index (χ1n) is 11.1. The molecule has 9 N–H and O–H groups in total. The number of unbranched alkanes of at least 4 members (excludes halogenated alkanes) is 1. The van der Waals surface area contributed by atoms with Crippen molar-refractivity contribution < 1.29 is 29.4 Å². The minimum atomic E-state index is -1.36. The number of hydrogen-bond acceptors (Lipinski definition) is 7. The van der Waals surface area contributed by atoms with Crippen LogP contribution in [0.25, 0.3) is 0 Å². The third-order valence-electron chi connectivity index (χ3n) is 4.78. The van der Waals surface area contributed by atoms with Gasteiger partial charge in [-0.2, -0.15) is 0 Å². The molecule has 4 unspecified atom stereocenters. The lowest BCUT2D eigenvalue weighted by molar-refractivity contribution is -0.143. The average molecular weight is 460 g/mol. The molecule has 32 heavy (non-hydrogen) atoms. The summed E-state index contributed by atoms with van der Waals surface area (Å²) in [4.78, 5) is 49.0. The van der Waals surface area contributed by atoms with Gasteiger partial charge in [0.1, 0.15) is 18.1 Å². The van der Waals surface area contributed by atoms with Gasteiger partial charge in [-0.25, -0.2) is 4.79 Å². The number of carboxylic acids is 1. The number of nitrogens with two attached hydrogens (primary N) is 2. The van der Waals surface area contributed by atoms with Gasteiger partial charge in [0.05, 0.1) is 12.6 Å². The predicted octanol–water partition coefficient (Wildman–Crippen LogP) is -0.934. The molecular formula is C21H41N5O6. The molecule has 0 rings (SSSR count). The van der Waals surface area contributed by atoms with Gasteiger partial charge >= 0.3 is 5.97 Å². The van der Waals surface area contributed by atoms with Gasteiger partial charge < -0.3 is 37.6 Å². The van der Waals surface area contributed by atoms with Crippen molar-refractivity contribution in [2.24, 2.45) is 23.3 Å². The van der Waals surface area contributed by atoms with Crippen molar-refractivity contribution in [2.75, 3.05) is 13.2 Å². The fraction of sp³-hybridized carbons (Fsp3) is 0.810. The Labute approximate surface area is 190 Å². The van der Waals surface area contributed by atoms with Gasteiger partial charge in [0, 0.05) is 0 Å². The van der Waals surface area contributed by atoms with Crippen LogP contribution in [0, 0.1) is 11.8 Å². The topological polar surface area (TPSA) is 197 Å². The molecule has 0 saturated heterocycles. The highest BCUT2D eigenvalue weighted by Gasteiger charge is 2.30.